The summed E-state index contributed by atoms with van der Waals surface area (Å²) in [5.74, 6) is -1.48. The van der Waals surface area contributed by atoms with Crippen molar-refractivity contribution in [3.8, 4) is 0 Å². The number of allylic oxidation sites excluding steroid dienone is 3. The highest BCUT2D eigenvalue weighted by Crippen LogP contribution is 2.66. The minimum atomic E-state index is -3.88. The summed E-state index contributed by atoms with van der Waals surface area (Å²) in [7, 11) is -3.88. The lowest BCUT2D eigenvalue weighted by atomic mass is 9.86. The van der Waals surface area contributed by atoms with E-state index < -0.39 is 24.4 Å². The van der Waals surface area contributed by atoms with Crippen molar-refractivity contribution in [2.45, 2.75) is 59.1 Å². The number of carbonyl (C=O) groups is 1. The lowest BCUT2D eigenvalue weighted by Gasteiger charge is -2.40. The number of nitrogens with zero attached hydrogens (tertiary/aromatic N) is 2. The molecule has 2 unspecified atom stereocenters. The Morgan fingerprint density at radius 1 is 1.12 bits per heavy atom. The zero-order valence-corrected chi connectivity index (χ0v) is 25.4. The van der Waals surface area contributed by atoms with Crippen LogP contribution in [-0.2, 0) is 29.7 Å². The van der Waals surface area contributed by atoms with Crippen LogP contribution in [-0.4, -0.2) is 48.2 Å². The van der Waals surface area contributed by atoms with Gasteiger partial charge in [-0.15, -0.1) is 0 Å². The Labute approximate surface area is 246 Å². The largest absolute Gasteiger partial charge is 0.458 e. The summed E-state index contributed by atoms with van der Waals surface area (Å²) in [5.41, 5.74) is 2.44. The van der Waals surface area contributed by atoms with E-state index in [0.29, 0.717) is 23.5 Å². The summed E-state index contributed by atoms with van der Waals surface area (Å²) >= 11 is 0. The van der Waals surface area contributed by atoms with Gasteiger partial charge in [0, 0.05) is 42.0 Å². The zero-order valence-electron chi connectivity index (χ0n) is 24.5. The number of benzene rings is 2. The van der Waals surface area contributed by atoms with E-state index >= 15 is 0 Å². The summed E-state index contributed by atoms with van der Waals surface area (Å²) in [6.07, 6.45) is 1.27. The van der Waals surface area contributed by atoms with Gasteiger partial charge < -0.3 is 19.1 Å². The molecular weight excluding hydrogens is 557 g/mol. The van der Waals surface area contributed by atoms with Crippen LogP contribution < -0.4 is 5.32 Å². The van der Waals surface area contributed by atoms with E-state index in [-0.39, 0.29) is 41.3 Å². The fraction of sp³-hybridized carbons (Fsp3) is 0.452. The maximum absolute atomic E-state index is 14.3. The molecule has 10 nitrogen and oxygen atoms in total. The number of carbonyl (C=O) groups excluding carboxylic acids is 1. The van der Waals surface area contributed by atoms with Crippen molar-refractivity contribution in [3.05, 3.63) is 98.1 Å². The number of ether oxygens (including phenoxy) is 1. The Kier molecular flexibility index (Phi) is 8.71. The third-order valence-electron chi connectivity index (χ3n) is 7.89. The first kappa shape index (κ1) is 30.2. The zero-order chi connectivity index (χ0) is 30.1. The fourth-order valence-corrected chi connectivity index (χ4v) is 8.26. The molecule has 0 spiro atoms. The van der Waals surface area contributed by atoms with E-state index in [1.807, 2.05) is 32.0 Å². The highest BCUT2D eigenvalue weighted by atomic mass is 31.2. The van der Waals surface area contributed by atoms with Crippen LogP contribution in [0.2, 0.25) is 0 Å². The molecule has 0 amide bonds. The van der Waals surface area contributed by atoms with Crippen LogP contribution >= 0.6 is 7.60 Å². The Morgan fingerprint density at radius 3 is 2.52 bits per heavy atom. The Hall–Kier alpha value is -3.30. The van der Waals surface area contributed by atoms with Crippen molar-refractivity contribution in [3.63, 3.8) is 0 Å². The van der Waals surface area contributed by atoms with Crippen LogP contribution in [0.4, 0.5) is 5.69 Å². The maximum Gasteiger partial charge on any atom is 0.360 e. The van der Waals surface area contributed by atoms with Gasteiger partial charge >= 0.3 is 13.6 Å². The number of piperidine rings is 1. The lowest BCUT2D eigenvalue weighted by Crippen LogP contribution is -2.41. The average Bonchev–Trinajstić information content (AvgIpc) is 2.95. The number of rotatable bonds is 7. The Morgan fingerprint density at radius 2 is 1.83 bits per heavy atom. The standard InChI is InChI=1S/C31H38N3O7P/c1-21-27(30(35)41-26-14-9-15-33(18-26)17-23-10-6-5-7-11-23)28(24-12-8-13-25(16-24)34(36)37)29(22(2)32-21)42(38)39-19-31(3,4)20-40-42/h5-8,10-13,16,26,28,32H,9,14-15,17-20H2,1-4H3. The molecule has 0 radical (unpaired) electrons. The van der Waals surface area contributed by atoms with Crippen molar-refractivity contribution < 1.29 is 28.1 Å². The summed E-state index contributed by atoms with van der Waals surface area (Å²) in [6.45, 7) is 10.1. The van der Waals surface area contributed by atoms with Crippen molar-refractivity contribution in [2.24, 2.45) is 5.41 Å². The van der Waals surface area contributed by atoms with Gasteiger partial charge in [0.25, 0.3) is 5.69 Å². The number of hydrogen-bond donors (Lipinski definition) is 1. The second-order valence-corrected chi connectivity index (χ2v) is 14.1. The molecule has 11 heteroatoms. The first-order valence-electron chi connectivity index (χ1n) is 14.3. The number of likely N-dealkylation sites (tertiary alicyclic amines) is 1. The van der Waals surface area contributed by atoms with E-state index in [9.17, 15) is 19.5 Å². The van der Waals surface area contributed by atoms with Crippen LogP contribution in [0.15, 0.2) is 76.9 Å². The SMILES string of the molecule is CC1=C(C(=O)OC2CCCN(Cc3ccccc3)C2)C(c2cccc([N+](=O)[O-])c2)C(P2(=O)OCC(C)(C)CO2)=C(C)N1. The van der Waals surface area contributed by atoms with E-state index in [2.05, 4.69) is 22.3 Å². The molecule has 2 atom stereocenters. The molecule has 1 N–H and O–H groups in total. The predicted molar refractivity (Wildman–Crippen MR) is 158 cm³/mol. The summed E-state index contributed by atoms with van der Waals surface area (Å²) in [4.78, 5) is 27.5. The number of nitro groups is 1. The summed E-state index contributed by atoms with van der Waals surface area (Å²) < 4.78 is 32.3. The molecule has 2 fully saturated rings. The van der Waals surface area contributed by atoms with Crippen molar-refractivity contribution in [1.82, 2.24) is 10.2 Å². The van der Waals surface area contributed by atoms with E-state index in [1.165, 1.54) is 17.7 Å². The van der Waals surface area contributed by atoms with Gasteiger partial charge in [-0.3, -0.25) is 19.6 Å². The van der Waals surface area contributed by atoms with E-state index in [0.717, 1.165) is 25.9 Å². The number of nitrogens with one attached hydrogen (secondary N) is 1. The minimum absolute atomic E-state index is 0.137. The first-order valence-corrected chi connectivity index (χ1v) is 15.8. The number of nitro benzene ring substituents is 1. The highest BCUT2D eigenvalue weighted by Gasteiger charge is 2.48. The summed E-state index contributed by atoms with van der Waals surface area (Å²) in [5, 5.41) is 15.2. The molecule has 3 heterocycles. The van der Waals surface area contributed by atoms with Gasteiger partial charge in [0.1, 0.15) is 6.10 Å². The normalized spacial score (nSPS) is 24.2. The molecular formula is C31H38N3O7P. The molecule has 5 rings (SSSR count). The molecule has 3 aliphatic rings. The highest BCUT2D eigenvalue weighted by molar-refractivity contribution is 7.58. The molecule has 2 saturated heterocycles. The van der Waals surface area contributed by atoms with Gasteiger partial charge in [0.05, 0.1) is 34.9 Å². The van der Waals surface area contributed by atoms with Gasteiger partial charge in [-0.05, 0) is 44.4 Å². The minimum Gasteiger partial charge on any atom is -0.458 e. The first-order chi connectivity index (χ1) is 20.0. The maximum atomic E-state index is 14.3. The number of hydrogen-bond acceptors (Lipinski definition) is 9. The molecule has 2 aromatic carbocycles. The molecule has 2 aromatic rings. The number of dihydropyridines is 1. The van der Waals surface area contributed by atoms with E-state index in [1.54, 1.807) is 26.0 Å². The van der Waals surface area contributed by atoms with Gasteiger partial charge in [0.15, 0.2) is 0 Å². The quantitative estimate of drug-likeness (QED) is 0.171. The second-order valence-electron chi connectivity index (χ2n) is 12.1. The van der Waals surface area contributed by atoms with Crippen molar-refractivity contribution >= 4 is 19.3 Å². The predicted octanol–water partition coefficient (Wildman–Crippen LogP) is 6.26. The van der Waals surface area contributed by atoms with Crippen LogP contribution in [0.25, 0.3) is 0 Å². The molecule has 3 aliphatic heterocycles. The van der Waals surface area contributed by atoms with Gasteiger partial charge in [-0.1, -0.05) is 56.3 Å². The summed E-state index contributed by atoms with van der Waals surface area (Å²) in [6, 6.07) is 16.2. The van der Waals surface area contributed by atoms with Gasteiger partial charge in [0.2, 0.25) is 0 Å². The lowest BCUT2D eigenvalue weighted by molar-refractivity contribution is -0.384. The fourth-order valence-electron chi connectivity index (χ4n) is 5.81. The number of esters is 1. The third-order valence-corrected chi connectivity index (χ3v) is 10.0. The third kappa shape index (κ3) is 6.52. The number of non-ortho nitro benzene ring substituents is 1. The van der Waals surface area contributed by atoms with E-state index in [4.69, 9.17) is 13.8 Å². The van der Waals surface area contributed by atoms with Crippen LogP contribution in [0, 0.1) is 15.5 Å². The Bertz CT molecular complexity index is 1460. The molecule has 0 saturated carbocycles. The van der Waals surface area contributed by atoms with Crippen LogP contribution in [0.1, 0.15) is 57.6 Å². The monoisotopic (exact) mass is 595 g/mol. The van der Waals surface area contributed by atoms with Crippen molar-refractivity contribution in [1.29, 1.82) is 0 Å². The van der Waals surface area contributed by atoms with Gasteiger partial charge in [-0.2, -0.15) is 0 Å². The molecule has 0 aliphatic carbocycles. The molecule has 0 aromatic heterocycles. The van der Waals surface area contributed by atoms with Crippen LogP contribution in [0.3, 0.4) is 0 Å². The second kappa shape index (κ2) is 12.1. The molecule has 42 heavy (non-hydrogen) atoms. The Balaban J connectivity index is 1.46. The molecule has 224 valence electrons. The van der Waals surface area contributed by atoms with Crippen LogP contribution in [0.5, 0.6) is 0 Å². The smallest absolute Gasteiger partial charge is 0.360 e. The van der Waals surface area contributed by atoms with Gasteiger partial charge in [-0.25, -0.2) is 4.79 Å². The van der Waals surface area contributed by atoms with Crippen molar-refractivity contribution in [2.75, 3.05) is 26.3 Å². The molecule has 0 bridgehead atoms. The average molecular weight is 596 g/mol. The topological polar surface area (TPSA) is 120 Å².